The van der Waals surface area contributed by atoms with Gasteiger partial charge in [-0.25, -0.2) is 0 Å². The predicted molar refractivity (Wildman–Crippen MR) is 79.7 cm³/mol. The van der Waals surface area contributed by atoms with Crippen LogP contribution in [0.4, 0.5) is 0 Å². The van der Waals surface area contributed by atoms with Crippen LogP contribution in [-0.4, -0.2) is 25.6 Å². The smallest absolute Gasteiger partial charge is 0.119 e. The zero-order valence-corrected chi connectivity index (χ0v) is 12.3. The fourth-order valence-electron chi connectivity index (χ4n) is 2.37. The molecule has 2 N–H and O–H groups in total. The molecule has 1 aromatic carbocycles. The molecule has 2 aromatic rings. The van der Waals surface area contributed by atoms with Gasteiger partial charge in [0.2, 0.25) is 0 Å². The van der Waals surface area contributed by atoms with E-state index in [2.05, 4.69) is 18.0 Å². The number of ether oxygens (including phenoxy) is 1. The summed E-state index contributed by atoms with van der Waals surface area (Å²) in [6.45, 7) is 3.34. The molecule has 2 rings (SSSR count). The number of aryl methyl sites for hydroxylation is 1. The van der Waals surface area contributed by atoms with Crippen molar-refractivity contribution in [1.82, 2.24) is 4.90 Å². The Morgan fingerprint density at radius 1 is 1.35 bits per heavy atom. The summed E-state index contributed by atoms with van der Waals surface area (Å²) in [5.74, 6) is 1.81. The van der Waals surface area contributed by atoms with Crippen LogP contribution in [0.25, 0.3) is 0 Å². The Morgan fingerprint density at radius 2 is 2.15 bits per heavy atom. The second-order valence-electron chi connectivity index (χ2n) is 4.95. The van der Waals surface area contributed by atoms with E-state index in [4.69, 9.17) is 14.9 Å². The van der Waals surface area contributed by atoms with Gasteiger partial charge < -0.3 is 14.9 Å². The van der Waals surface area contributed by atoms with Crippen molar-refractivity contribution < 1.29 is 9.15 Å². The highest BCUT2D eigenvalue weighted by molar-refractivity contribution is 5.31. The zero-order chi connectivity index (χ0) is 14.5. The Morgan fingerprint density at radius 3 is 2.75 bits per heavy atom. The average molecular weight is 274 g/mol. The molecule has 0 spiro atoms. The maximum Gasteiger partial charge on any atom is 0.119 e. The Bertz CT molecular complexity index is 551. The molecule has 1 heterocycles. The second-order valence-corrected chi connectivity index (χ2v) is 4.95. The molecular weight excluding hydrogens is 252 g/mol. The summed E-state index contributed by atoms with van der Waals surface area (Å²) in [5, 5.41) is 0. The van der Waals surface area contributed by atoms with Crippen molar-refractivity contribution in [2.75, 3.05) is 20.7 Å². The number of hydrogen-bond acceptors (Lipinski definition) is 4. The minimum Gasteiger partial charge on any atom is -0.497 e. The van der Waals surface area contributed by atoms with Crippen LogP contribution < -0.4 is 10.5 Å². The molecule has 108 valence electrons. The van der Waals surface area contributed by atoms with Gasteiger partial charge in [0.05, 0.1) is 13.4 Å². The van der Waals surface area contributed by atoms with Crippen LogP contribution in [-0.2, 0) is 6.54 Å². The lowest BCUT2D eigenvalue weighted by Crippen LogP contribution is -2.30. The molecule has 4 heteroatoms. The molecule has 0 saturated carbocycles. The first kappa shape index (κ1) is 14.6. The molecule has 0 radical (unpaired) electrons. The lowest BCUT2D eigenvalue weighted by molar-refractivity contribution is 0.240. The summed E-state index contributed by atoms with van der Waals surface area (Å²) in [6, 6.07) is 10.2. The van der Waals surface area contributed by atoms with E-state index in [0.29, 0.717) is 6.54 Å². The van der Waals surface area contributed by atoms with E-state index in [0.717, 1.165) is 23.6 Å². The van der Waals surface area contributed by atoms with Gasteiger partial charge in [-0.2, -0.15) is 0 Å². The van der Waals surface area contributed by atoms with Crippen LogP contribution in [0, 0.1) is 6.92 Å². The van der Waals surface area contributed by atoms with Crippen molar-refractivity contribution in [3.05, 3.63) is 53.5 Å². The second kappa shape index (κ2) is 6.59. The highest BCUT2D eigenvalue weighted by Gasteiger charge is 2.17. The van der Waals surface area contributed by atoms with E-state index < -0.39 is 0 Å². The van der Waals surface area contributed by atoms with E-state index in [1.165, 1.54) is 5.56 Å². The predicted octanol–water partition coefficient (Wildman–Crippen LogP) is 2.73. The Labute approximate surface area is 120 Å². The van der Waals surface area contributed by atoms with Gasteiger partial charge in [0.1, 0.15) is 11.5 Å². The van der Waals surface area contributed by atoms with Crippen LogP contribution in [0.3, 0.4) is 0 Å². The third-order valence-electron chi connectivity index (χ3n) is 3.62. The van der Waals surface area contributed by atoms with Gasteiger partial charge in [-0.3, -0.25) is 4.90 Å². The van der Waals surface area contributed by atoms with E-state index in [1.54, 1.807) is 13.4 Å². The number of benzene rings is 1. The molecule has 1 unspecified atom stereocenters. The molecule has 4 nitrogen and oxygen atoms in total. The number of nitrogens with zero attached hydrogens (tertiary/aromatic N) is 1. The zero-order valence-electron chi connectivity index (χ0n) is 12.3. The quantitative estimate of drug-likeness (QED) is 0.880. The lowest BCUT2D eigenvalue weighted by Gasteiger charge is -2.27. The van der Waals surface area contributed by atoms with Crippen molar-refractivity contribution in [2.45, 2.75) is 19.5 Å². The molecule has 1 aromatic heterocycles. The molecule has 0 saturated heterocycles. The Kier molecular flexibility index (Phi) is 4.82. The molecule has 1 atom stereocenters. The van der Waals surface area contributed by atoms with E-state index >= 15 is 0 Å². The largest absolute Gasteiger partial charge is 0.497 e. The van der Waals surface area contributed by atoms with Gasteiger partial charge in [0, 0.05) is 24.7 Å². The highest BCUT2D eigenvalue weighted by atomic mass is 16.5. The van der Waals surface area contributed by atoms with Gasteiger partial charge in [0.25, 0.3) is 0 Å². The van der Waals surface area contributed by atoms with E-state index in [1.807, 2.05) is 31.2 Å². The van der Waals surface area contributed by atoms with Crippen LogP contribution >= 0.6 is 0 Å². The standard InChI is InChI=1S/C16H22N2O2/c1-12-14(7-8-20-12)11-18(2)16(10-17)13-5-4-6-15(9-13)19-3/h4-9,16H,10-11,17H2,1-3H3. The average Bonchev–Trinajstić information content (AvgIpc) is 2.85. The van der Waals surface area contributed by atoms with Gasteiger partial charge in [-0.05, 0) is 37.7 Å². The number of hydrogen-bond donors (Lipinski definition) is 1. The van der Waals surface area contributed by atoms with Crippen molar-refractivity contribution >= 4 is 0 Å². The summed E-state index contributed by atoms with van der Waals surface area (Å²) < 4.78 is 10.6. The molecule has 0 amide bonds. The number of nitrogens with two attached hydrogens (primary N) is 1. The van der Waals surface area contributed by atoms with Crippen LogP contribution in [0.15, 0.2) is 41.0 Å². The van der Waals surface area contributed by atoms with E-state index in [9.17, 15) is 0 Å². The molecule has 0 fully saturated rings. The van der Waals surface area contributed by atoms with Crippen molar-refractivity contribution in [3.8, 4) is 5.75 Å². The lowest BCUT2D eigenvalue weighted by atomic mass is 10.0. The third-order valence-corrected chi connectivity index (χ3v) is 3.62. The van der Waals surface area contributed by atoms with Gasteiger partial charge in [-0.1, -0.05) is 12.1 Å². The maximum atomic E-state index is 5.96. The van der Waals surface area contributed by atoms with Crippen molar-refractivity contribution in [3.63, 3.8) is 0 Å². The maximum absolute atomic E-state index is 5.96. The molecule has 0 aliphatic carbocycles. The van der Waals surface area contributed by atoms with Gasteiger partial charge in [0.15, 0.2) is 0 Å². The van der Waals surface area contributed by atoms with Crippen molar-refractivity contribution in [1.29, 1.82) is 0 Å². The summed E-state index contributed by atoms with van der Waals surface area (Å²) >= 11 is 0. The summed E-state index contributed by atoms with van der Waals surface area (Å²) in [4.78, 5) is 2.23. The minimum absolute atomic E-state index is 0.152. The molecule has 20 heavy (non-hydrogen) atoms. The summed E-state index contributed by atoms with van der Waals surface area (Å²) in [5.41, 5.74) is 8.31. The molecule has 0 aliphatic heterocycles. The van der Waals surface area contributed by atoms with Crippen LogP contribution in [0.5, 0.6) is 5.75 Å². The van der Waals surface area contributed by atoms with Gasteiger partial charge >= 0.3 is 0 Å². The molecular formula is C16H22N2O2. The number of methoxy groups -OCH3 is 1. The topological polar surface area (TPSA) is 51.6 Å². The Balaban J connectivity index is 2.16. The van der Waals surface area contributed by atoms with Crippen LogP contribution in [0.2, 0.25) is 0 Å². The first-order chi connectivity index (χ1) is 9.65. The number of likely N-dealkylation sites (N-methyl/N-ethyl adjacent to an activating group) is 1. The normalized spacial score (nSPS) is 12.7. The van der Waals surface area contributed by atoms with E-state index in [-0.39, 0.29) is 6.04 Å². The number of rotatable bonds is 6. The Hall–Kier alpha value is -1.78. The number of furan rings is 1. The minimum atomic E-state index is 0.152. The van der Waals surface area contributed by atoms with Gasteiger partial charge in [-0.15, -0.1) is 0 Å². The first-order valence-electron chi connectivity index (χ1n) is 6.73. The monoisotopic (exact) mass is 274 g/mol. The molecule has 0 aliphatic rings. The molecule has 0 bridgehead atoms. The fourth-order valence-corrected chi connectivity index (χ4v) is 2.37. The van der Waals surface area contributed by atoms with Crippen LogP contribution in [0.1, 0.15) is 22.9 Å². The summed E-state index contributed by atoms with van der Waals surface area (Å²) in [7, 11) is 3.75. The SMILES string of the molecule is COc1cccc(C(CN)N(C)Cc2ccoc2C)c1. The van der Waals surface area contributed by atoms with Crippen molar-refractivity contribution in [2.24, 2.45) is 5.73 Å². The first-order valence-corrected chi connectivity index (χ1v) is 6.73. The fraction of sp³-hybridized carbons (Fsp3) is 0.375. The third kappa shape index (κ3) is 3.21. The highest BCUT2D eigenvalue weighted by Crippen LogP contribution is 2.24. The summed E-state index contributed by atoms with van der Waals surface area (Å²) in [6.07, 6.45) is 1.72.